The predicted molar refractivity (Wildman–Crippen MR) is 78.4 cm³/mol. The number of anilines is 1. The second kappa shape index (κ2) is 5.50. The normalized spacial score (nSPS) is 11.1. The van der Waals surface area contributed by atoms with Gasteiger partial charge in [-0.15, -0.1) is 11.3 Å². The van der Waals surface area contributed by atoms with Crippen LogP contribution in [-0.2, 0) is 4.79 Å². The summed E-state index contributed by atoms with van der Waals surface area (Å²) >= 11 is 1.77. The summed E-state index contributed by atoms with van der Waals surface area (Å²) in [5.41, 5.74) is 0.870. The van der Waals surface area contributed by atoms with Gasteiger partial charge in [-0.25, -0.2) is 0 Å². The molecule has 0 atom stereocenters. The maximum absolute atomic E-state index is 11.8. The van der Waals surface area contributed by atoms with Gasteiger partial charge in [0.2, 0.25) is 5.91 Å². The van der Waals surface area contributed by atoms with E-state index < -0.39 is 0 Å². The third-order valence-corrected chi connectivity index (χ3v) is 3.91. The quantitative estimate of drug-likeness (QED) is 0.918. The van der Waals surface area contributed by atoms with E-state index in [1.807, 2.05) is 31.0 Å². The Morgan fingerprint density at radius 2 is 2.17 bits per heavy atom. The molecule has 0 spiro atoms. The molecular formula is C14H18N2OS. The maximum atomic E-state index is 11.8. The van der Waals surface area contributed by atoms with Crippen LogP contribution in [-0.4, -0.2) is 30.9 Å². The van der Waals surface area contributed by atoms with Gasteiger partial charge in [-0.05, 0) is 50.2 Å². The van der Waals surface area contributed by atoms with Gasteiger partial charge < -0.3 is 5.32 Å². The van der Waals surface area contributed by atoms with E-state index in [0.717, 1.165) is 12.2 Å². The number of benzene rings is 1. The zero-order valence-electron chi connectivity index (χ0n) is 11.0. The van der Waals surface area contributed by atoms with Crippen molar-refractivity contribution in [2.75, 3.05) is 25.5 Å². The average molecular weight is 262 g/mol. The molecule has 0 aliphatic rings. The maximum Gasteiger partial charge on any atom is 0.238 e. The van der Waals surface area contributed by atoms with Crippen LogP contribution in [0.4, 0.5) is 5.69 Å². The van der Waals surface area contributed by atoms with Crippen molar-refractivity contribution in [1.82, 2.24) is 4.90 Å². The molecule has 96 valence electrons. The Bertz CT molecular complexity index is 562. The summed E-state index contributed by atoms with van der Waals surface area (Å²) in [5.74, 6) is 0.0330. The predicted octanol–water partition coefficient (Wildman–Crippen LogP) is 3.10. The Hall–Kier alpha value is -1.39. The average Bonchev–Trinajstić information content (AvgIpc) is 2.68. The van der Waals surface area contributed by atoms with E-state index in [1.54, 1.807) is 11.3 Å². The Morgan fingerprint density at radius 1 is 1.39 bits per heavy atom. The molecule has 0 saturated heterocycles. The van der Waals surface area contributed by atoms with Crippen LogP contribution in [0.25, 0.3) is 10.1 Å². The number of fused-ring (bicyclic) bond motifs is 1. The van der Waals surface area contributed by atoms with Gasteiger partial charge in [0, 0.05) is 15.3 Å². The van der Waals surface area contributed by atoms with Crippen LogP contribution in [0.3, 0.4) is 0 Å². The van der Waals surface area contributed by atoms with E-state index in [9.17, 15) is 4.79 Å². The summed E-state index contributed by atoms with van der Waals surface area (Å²) in [6.45, 7) is 5.43. The zero-order chi connectivity index (χ0) is 13.1. The Labute approximate surface area is 111 Å². The lowest BCUT2D eigenvalue weighted by Gasteiger charge is -2.13. The summed E-state index contributed by atoms with van der Waals surface area (Å²) in [6.07, 6.45) is 0. The van der Waals surface area contributed by atoms with Crippen molar-refractivity contribution in [1.29, 1.82) is 0 Å². The standard InChI is InChI=1S/C14H18N2OS/c1-4-16(3)9-14(17)15-12-5-6-13-11(8-12)7-10(2)18-13/h5-8H,4,9H2,1-3H3,(H,15,17). The van der Waals surface area contributed by atoms with Crippen molar-refractivity contribution >= 4 is 33.0 Å². The molecule has 1 amide bonds. The lowest BCUT2D eigenvalue weighted by Crippen LogP contribution is -2.29. The van der Waals surface area contributed by atoms with E-state index in [0.29, 0.717) is 6.54 Å². The van der Waals surface area contributed by atoms with Crippen LogP contribution >= 0.6 is 11.3 Å². The molecule has 0 aliphatic heterocycles. The summed E-state index contributed by atoms with van der Waals surface area (Å²) < 4.78 is 1.26. The monoisotopic (exact) mass is 262 g/mol. The van der Waals surface area contributed by atoms with Crippen molar-refractivity contribution in [2.24, 2.45) is 0 Å². The molecule has 0 unspecified atom stereocenters. The molecule has 0 saturated carbocycles. The van der Waals surface area contributed by atoms with E-state index in [1.165, 1.54) is 15.0 Å². The highest BCUT2D eigenvalue weighted by Crippen LogP contribution is 2.27. The number of aryl methyl sites for hydroxylation is 1. The highest BCUT2D eigenvalue weighted by molar-refractivity contribution is 7.19. The highest BCUT2D eigenvalue weighted by Gasteiger charge is 2.06. The molecule has 1 aromatic carbocycles. The van der Waals surface area contributed by atoms with E-state index in [4.69, 9.17) is 0 Å². The van der Waals surface area contributed by atoms with Gasteiger partial charge in [-0.2, -0.15) is 0 Å². The molecule has 0 bridgehead atoms. The van der Waals surface area contributed by atoms with Crippen molar-refractivity contribution in [3.05, 3.63) is 29.1 Å². The lowest BCUT2D eigenvalue weighted by molar-refractivity contribution is -0.117. The van der Waals surface area contributed by atoms with Crippen molar-refractivity contribution < 1.29 is 4.79 Å². The number of hydrogen-bond acceptors (Lipinski definition) is 3. The Morgan fingerprint density at radius 3 is 2.89 bits per heavy atom. The van der Waals surface area contributed by atoms with Crippen LogP contribution in [0, 0.1) is 6.92 Å². The second-order valence-corrected chi connectivity index (χ2v) is 5.78. The summed E-state index contributed by atoms with van der Waals surface area (Å²) in [5, 5.41) is 4.13. The van der Waals surface area contributed by atoms with Crippen LogP contribution in [0.15, 0.2) is 24.3 Å². The van der Waals surface area contributed by atoms with Crippen molar-refractivity contribution in [2.45, 2.75) is 13.8 Å². The summed E-state index contributed by atoms with van der Waals surface area (Å²) in [7, 11) is 1.94. The molecule has 2 aromatic rings. The molecule has 0 aliphatic carbocycles. The van der Waals surface area contributed by atoms with Gasteiger partial charge in [0.05, 0.1) is 6.54 Å². The van der Waals surface area contributed by atoms with Crippen LogP contribution < -0.4 is 5.32 Å². The van der Waals surface area contributed by atoms with Gasteiger partial charge in [-0.1, -0.05) is 6.92 Å². The van der Waals surface area contributed by atoms with Crippen molar-refractivity contribution in [3.8, 4) is 0 Å². The minimum absolute atomic E-state index is 0.0330. The molecule has 1 heterocycles. The number of thiophene rings is 1. The third-order valence-electron chi connectivity index (χ3n) is 2.88. The number of amides is 1. The number of hydrogen-bond donors (Lipinski definition) is 1. The highest BCUT2D eigenvalue weighted by atomic mass is 32.1. The van der Waals surface area contributed by atoms with Gasteiger partial charge in [0.15, 0.2) is 0 Å². The van der Waals surface area contributed by atoms with Gasteiger partial charge in [-0.3, -0.25) is 9.69 Å². The lowest BCUT2D eigenvalue weighted by atomic mass is 10.2. The molecule has 2 rings (SSSR count). The summed E-state index contributed by atoms with van der Waals surface area (Å²) in [6, 6.07) is 8.20. The van der Waals surface area contributed by atoms with Crippen LogP contribution in [0.1, 0.15) is 11.8 Å². The van der Waals surface area contributed by atoms with E-state index in [-0.39, 0.29) is 5.91 Å². The number of carbonyl (C=O) groups is 1. The topological polar surface area (TPSA) is 32.3 Å². The third kappa shape index (κ3) is 3.09. The molecule has 0 fully saturated rings. The van der Waals surface area contributed by atoms with Crippen LogP contribution in [0.5, 0.6) is 0 Å². The molecule has 18 heavy (non-hydrogen) atoms. The fourth-order valence-corrected chi connectivity index (χ4v) is 2.72. The first-order chi connectivity index (χ1) is 8.58. The molecule has 3 nitrogen and oxygen atoms in total. The Balaban J connectivity index is 2.09. The SMILES string of the molecule is CCN(C)CC(=O)Nc1ccc2sc(C)cc2c1. The van der Waals surface area contributed by atoms with E-state index >= 15 is 0 Å². The fraction of sp³-hybridized carbons (Fsp3) is 0.357. The smallest absolute Gasteiger partial charge is 0.238 e. The molecule has 1 aromatic heterocycles. The van der Waals surface area contributed by atoms with E-state index in [2.05, 4.69) is 24.4 Å². The molecule has 4 heteroatoms. The number of likely N-dealkylation sites (N-methyl/N-ethyl adjacent to an activating group) is 1. The number of nitrogens with zero attached hydrogens (tertiary/aromatic N) is 1. The van der Waals surface area contributed by atoms with Gasteiger partial charge >= 0.3 is 0 Å². The largest absolute Gasteiger partial charge is 0.325 e. The number of carbonyl (C=O) groups excluding carboxylic acids is 1. The van der Waals surface area contributed by atoms with Crippen LogP contribution in [0.2, 0.25) is 0 Å². The molecular weight excluding hydrogens is 244 g/mol. The fourth-order valence-electron chi connectivity index (χ4n) is 1.81. The second-order valence-electron chi connectivity index (χ2n) is 4.49. The van der Waals surface area contributed by atoms with Crippen molar-refractivity contribution in [3.63, 3.8) is 0 Å². The minimum atomic E-state index is 0.0330. The first kappa shape index (κ1) is 13.1. The molecule has 1 N–H and O–H groups in total. The molecule has 0 radical (unpaired) electrons. The Kier molecular flexibility index (Phi) is 3.99. The minimum Gasteiger partial charge on any atom is -0.325 e. The number of nitrogens with one attached hydrogen (secondary N) is 1. The summed E-state index contributed by atoms with van der Waals surface area (Å²) in [4.78, 5) is 15.0. The van der Waals surface area contributed by atoms with Gasteiger partial charge in [0.1, 0.15) is 0 Å². The first-order valence-electron chi connectivity index (χ1n) is 6.07. The number of rotatable bonds is 4. The zero-order valence-corrected chi connectivity index (χ0v) is 11.8. The first-order valence-corrected chi connectivity index (χ1v) is 6.88. The van der Waals surface area contributed by atoms with Gasteiger partial charge in [0.25, 0.3) is 0 Å².